The Morgan fingerprint density at radius 1 is 1.00 bits per heavy atom. The smallest absolute Gasteiger partial charge is 0.419 e. The number of aromatic nitrogens is 1. The van der Waals surface area contributed by atoms with Gasteiger partial charge in [-0.15, -0.1) is 0 Å². The minimum absolute atomic E-state index is 0.386. The van der Waals surface area contributed by atoms with Crippen molar-refractivity contribution >= 4 is 23.3 Å². The normalized spacial score (nSPS) is 11.2. The highest BCUT2D eigenvalue weighted by molar-refractivity contribution is 5.87. The maximum atomic E-state index is 11.7. The molecule has 6 nitrogen and oxygen atoms in total. The molecule has 0 aliphatic rings. The van der Waals surface area contributed by atoms with Crippen molar-refractivity contribution in [3.05, 3.63) is 52.0 Å². The van der Waals surface area contributed by atoms with Crippen LogP contribution < -0.4 is 20.0 Å². The van der Waals surface area contributed by atoms with Crippen LogP contribution in [-0.4, -0.2) is 25.9 Å². The first-order valence-electron chi connectivity index (χ1n) is 7.65. The van der Waals surface area contributed by atoms with Crippen LogP contribution in [0.4, 0.5) is 0 Å². The molecule has 0 atom stereocenters. The number of benzene rings is 2. The number of fused-ring (bicyclic) bond motifs is 1. The number of methoxy groups -OCH3 is 3. The molecule has 2 aromatic carbocycles. The Morgan fingerprint density at radius 3 is 2.28 bits per heavy atom. The van der Waals surface area contributed by atoms with Gasteiger partial charge in [0.05, 0.1) is 26.8 Å². The summed E-state index contributed by atoms with van der Waals surface area (Å²) in [5.74, 6) is 1.32. The van der Waals surface area contributed by atoms with Gasteiger partial charge in [0.1, 0.15) is 0 Å². The van der Waals surface area contributed by atoms with Crippen LogP contribution in [0.2, 0.25) is 0 Å². The predicted octanol–water partition coefficient (Wildman–Crippen LogP) is 3.33. The lowest BCUT2D eigenvalue weighted by Crippen LogP contribution is -2.08. The largest absolute Gasteiger partial charge is 0.493 e. The highest BCUT2D eigenvalue weighted by atomic mass is 16.5. The van der Waals surface area contributed by atoms with Crippen molar-refractivity contribution in [2.24, 2.45) is 7.05 Å². The van der Waals surface area contributed by atoms with Gasteiger partial charge in [0.2, 0.25) is 5.75 Å². The van der Waals surface area contributed by atoms with Gasteiger partial charge >= 0.3 is 5.76 Å². The Kier molecular flexibility index (Phi) is 4.52. The maximum Gasteiger partial charge on any atom is 0.419 e. The maximum absolute atomic E-state index is 11.7. The lowest BCUT2D eigenvalue weighted by atomic mass is 10.1. The van der Waals surface area contributed by atoms with E-state index in [1.807, 2.05) is 36.4 Å². The lowest BCUT2D eigenvalue weighted by molar-refractivity contribution is 0.324. The van der Waals surface area contributed by atoms with Crippen LogP contribution in [0.3, 0.4) is 0 Å². The summed E-state index contributed by atoms with van der Waals surface area (Å²) < 4.78 is 22.8. The second kappa shape index (κ2) is 6.76. The lowest BCUT2D eigenvalue weighted by Gasteiger charge is -2.12. The number of oxazole rings is 1. The van der Waals surface area contributed by atoms with Crippen molar-refractivity contribution in [2.45, 2.75) is 0 Å². The second-order valence-corrected chi connectivity index (χ2v) is 5.41. The third-order valence-electron chi connectivity index (χ3n) is 3.98. The molecule has 0 saturated heterocycles. The Labute approximate surface area is 144 Å². The van der Waals surface area contributed by atoms with Gasteiger partial charge < -0.3 is 18.6 Å². The van der Waals surface area contributed by atoms with Gasteiger partial charge in [-0.05, 0) is 23.8 Å². The molecule has 0 amide bonds. The minimum Gasteiger partial charge on any atom is -0.493 e. The molecule has 25 heavy (non-hydrogen) atoms. The Hall–Kier alpha value is -3.15. The van der Waals surface area contributed by atoms with Crippen molar-refractivity contribution in [3.63, 3.8) is 0 Å². The van der Waals surface area contributed by atoms with Crippen LogP contribution in [0.25, 0.3) is 23.3 Å². The SMILES string of the molecule is COc1cc(/C=C\c2cccc3oc(=O)n(C)c23)cc(OC)c1OC. The molecule has 0 saturated carbocycles. The number of hydrogen-bond donors (Lipinski definition) is 0. The zero-order valence-corrected chi connectivity index (χ0v) is 14.5. The Bertz CT molecular complexity index is 972. The standard InChI is InChI=1S/C19H19NO5/c1-20-17-13(6-5-7-14(17)25-19(20)21)9-8-12-10-15(22-2)18(24-4)16(11-12)23-3/h5-11H,1-4H3/b9-8-. The summed E-state index contributed by atoms with van der Waals surface area (Å²) in [4.78, 5) is 11.7. The number of para-hydroxylation sites is 1. The van der Waals surface area contributed by atoms with Gasteiger partial charge in [-0.1, -0.05) is 24.3 Å². The van der Waals surface area contributed by atoms with Crippen molar-refractivity contribution in [1.82, 2.24) is 4.57 Å². The van der Waals surface area contributed by atoms with E-state index in [2.05, 4.69) is 0 Å². The van der Waals surface area contributed by atoms with Crippen LogP contribution >= 0.6 is 0 Å². The fraction of sp³-hybridized carbons (Fsp3) is 0.211. The van der Waals surface area contributed by atoms with Crippen LogP contribution in [0, 0.1) is 0 Å². The summed E-state index contributed by atoms with van der Waals surface area (Å²) >= 11 is 0. The van der Waals surface area contributed by atoms with Gasteiger partial charge in [0.15, 0.2) is 17.1 Å². The van der Waals surface area contributed by atoms with Gasteiger partial charge in [-0.3, -0.25) is 4.57 Å². The minimum atomic E-state index is -0.386. The van der Waals surface area contributed by atoms with Crippen molar-refractivity contribution in [3.8, 4) is 17.2 Å². The first-order valence-corrected chi connectivity index (χ1v) is 7.65. The van der Waals surface area contributed by atoms with Gasteiger partial charge in [-0.25, -0.2) is 4.79 Å². The van der Waals surface area contributed by atoms with Crippen LogP contribution in [0.1, 0.15) is 11.1 Å². The highest BCUT2D eigenvalue weighted by Gasteiger charge is 2.12. The quantitative estimate of drug-likeness (QED) is 0.666. The van der Waals surface area contributed by atoms with Gasteiger partial charge in [0, 0.05) is 12.6 Å². The number of hydrogen-bond acceptors (Lipinski definition) is 5. The Balaban J connectivity index is 2.07. The van der Waals surface area contributed by atoms with Crippen molar-refractivity contribution in [1.29, 1.82) is 0 Å². The zero-order valence-electron chi connectivity index (χ0n) is 14.5. The third kappa shape index (κ3) is 2.98. The second-order valence-electron chi connectivity index (χ2n) is 5.41. The van der Waals surface area contributed by atoms with Crippen LogP contribution in [0.5, 0.6) is 17.2 Å². The molecule has 1 heterocycles. The van der Waals surface area contributed by atoms with E-state index in [1.165, 1.54) is 4.57 Å². The molecular formula is C19H19NO5. The van der Waals surface area contributed by atoms with Gasteiger partial charge in [-0.2, -0.15) is 0 Å². The van der Waals surface area contributed by atoms with E-state index in [-0.39, 0.29) is 5.76 Å². The first kappa shape index (κ1) is 16.7. The van der Waals surface area contributed by atoms with Crippen molar-refractivity contribution < 1.29 is 18.6 Å². The molecule has 130 valence electrons. The van der Waals surface area contributed by atoms with E-state index in [9.17, 15) is 4.79 Å². The molecule has 0 bridgehead atoms. The van der Waals surface area contributed by atoms with E-state index in [4.69, 9.17) is 18.6 Å². The molecule has 0 spiro atoms. The average Bonchev–Trinajstić information content (AvgIpc) is 2.93. The average molecular weight is 341 g/mol. The molecule has 6 heteroatoms. The number of aryl methyl sites for hydroxylation is 1. The van der Waals surface area contributed by atoms with Crippen LogP contribution in [0.15, 0.2) is 39.5 Å². The van der Waals surface area contributed by atoms with Crippen LogP contribution in [-0.2, 0) is 7.05 Å². The highest BCUT2D eigenvalue weighted by Crippen LogP contribution is 2.38. The predicted molar refractivity (Wildman–Crippen MR) is 96.5 cm³/mol. The van der Waals surface area contributed by atoms with E-state index in [0.717, 1.165) is 16.6 Å². The summed E-state index contributed by atoms with van der Waals surface area (Å²) in [7, 11) is 6.40. The summed E-state index contributed by atoms with van der Waals surface area (Å²) in [6.45, 7) is 0. The fourth-order valence-electron chi connectivity index (χ4n) is 2.75. The number of rotatable bonds is 5. The molecule has 0 unspecified atom stereocenters. The topological polar surface area (TPSA) is 62.8 Å². The first-order chi connectivity index (χ1) is 12.1. The van der Waals surface area contributed by atoms with E-state index < -0.39 is 0 Å². The molecule has 0 aliphatic heterocycles. The molecule has 0 N–H and O–H groups in total. The number of ether oxygens (including phenoxy) is 3. The zero-order chi connectivity index (χ0) is 18.0. The van der Waals surface area contributed by atoms with E-state index >= 15 is 0 Å². The monoisotopic (exact) mass is 341 g/mol. The Morgan fingerprint density at radius 2 is 1.68 bits per heavy atom. The third-order valence-corrected chi connectivity index (χ3v) is 3.98. The molecule has 1 aromatic heterocycles. The molecule has 0 radical (unpaired) electrons. The summed E-state index contributed by atoms with van der Waals surface area (Å²) in [5.41, 5.74) is 3.05. The van der Waals surface area contributed by atoms with E-state index in [0.29, 0.717) is 22.8 Å². The summed E-state index contributed by atoms with van der Waals surface area (Å²) in [5, 5.41) is 0. The number of nitrogens with zero attached hydrogens (tertiary/aromatic N) is 1. The molecule has 0 aliphatic carbocycles. The summed E-state index contributed by atoms with van der Waals surface area (Å²) in [6.07, 6.45) is 3.83. The fourth-order valence-corrected chi connectivity index (χ4v) is 2.75. The van der Waals surface area contributed by atoms with Crippen molar-refractivity contribution in [2.75, 3.05) is 21.3 Å². The molecular weight excluding hydrogens is 322 g/mol. The molecule has 3 rings (SSSR count). The summed E-state index contributed by atoms with van der Waals surface area (Å²) in [6, 6.07) is 9.25. The van der Waals surface area contributed by atoms with E-state index in [1.54, 1.807) is 34.4 Å². The molecule has 0 fully saturated rings. The van der Waals surface area contributed by atoms with Gasteiger partial charge in [0.25, 0.3) is 0 Å². The molecule has 3 aromatic rings.